The molecule has 0 aromatic carbocycles. The lowest BCUT2D eigenvalue weighted by molar-refractivity contribution is 0.739. The Balaban J connectivity index is 2.46. The SMILES string of the molecule is Cc1cc(C(N)=S)nc(-n2ccc(C(C)C)n2)n1. The summed E-state index contributed by atoms with van der Waals surface area (Å²) in [5.74, 6) is 0.857. The average molecular weight is 261 g/mol. The molecule has 6 heteroatoms. The van der Waals surface area contributed by atoms with Crippen LogP contribution >= 0.6 is 12.2 Å². The summed E-state index contributed by atoms with van der Waals surface area (Å²) in [5.41, 5.74) is 7.97. The van der Waals surface area contributed by atoms with Crippen molar-refractivity contribution in [2.24, 2.45) is 5.73 Å². The van der Waals surface area contributed by atoms with Gasteiger partial charge in [-0.2, -0.15) is 5.10 Å². The molecule has 0 spiro atoms. The maximum absolute atomic E-state index is 5.59. The van der Waals surface area contributed by atoms with Crippen molar-refractivity contribution in [3.8, 4) is 5.95 Å². The molecule has 0 fully saturated rings. The Kier molecular flexibility index (Phi) is 3.38. The summed E-state index contributed by atoms with van der Waals surface area (Å²) in [5, 5.41) is 4.43. The van der Waals surface area contributed by atoms with E-state index in [4.69, 9.17) is 18.0 Å². The van der Waals surface area contributed by atoms with Gasteiger partial charge in [-0.15, -0.1) is 0 Å². The van der Waals surface area contributed by atoms with E-state index >= 15 is 0 Å². The van der Waals surface area contributed by atoms with Crippen molar-refractivity contribution in [1.29, 1.82) is 0 Å². The Morgan fingerprint density at radius 1 is 1.39 bits per heavy atom. The lowest BCUT2D eigenvalue weighted by atomic mass is 10.1. The molecule has 2 N–H and O–H groups in total. The molecule has 18 heavy (non-hydrogen) atoms. The molecule has 2 rings (SSSR count). The summed E-state index contributed by atoms with van der Waals surface area (Å²) in [6.07, 6.45) is 1.84. The summed E-state index contributed by atoms with van der Waals surface area (Å²) >= 11 is 4.94. The van der Waals surface area contributed by atoms with Crippen molar-refractivity contribution in [2.75, 3.05) is 0 Å². The molecule has 0 saturated heterocycles. The minimum atomic E-state index is 0.262. The number of aromatic nitrogens is 4. The standard InChI is InChI=1S/C12H15N5S/c1-7(2)9-4-5-17(16-9)12-14-8(3)6-10(15-12)11(13)18/h4-7H,1-3H3,(H2,13,18). The lowest BCUT2D eigenvalue weighted by Gasteiger charge is -2.04. The van der Waals surface area contributed by atoms with Crippen molar-refractivity contribution >= 4 is 17.2 Å². The summed E-state index contributed by atoms with van der Waals surface area (Å²) in [6.45, 7) is 6.05. The largest absolute Gasteiger partial charge is 0.388 e. The molecule has 0 amide bonds. The number of nitrogens with zero attached hydrogens (tertiary/aromatic N) is 4. The molecular weight excluding hydrogens is 246 g/mol. The van der Waals surface area contributed by atoms with E-state index in [1.54, 1.807) is 10.7 Å². The molecule has 2 heterocycles. The molecule has 2 aromatic heterocycles. The summed E-state index contributed by atoms with van der Waals surface area (Å²) in [6, 6.07) is 3.72. The van der Waals surface area contributed by atoms with Gasteiger partial charge in [0.1, 0.15) is 10.7 Å². The van der Waals surface area contributed by atoms with Crippen LogP contribution in [0.5, 0.6) is 0 Å². The number of hydrogen-bond donors (Lipinski definition) is 1. The minimum absolute atomic E-state index is 0.262. The number of thiocarbonyl (C=S) groups is 1. The first-order valence-corrected chi connectivity index (χ1v) is 6.09. The number of aryl methyl sites for hydroxylation is 1. The van der Waals surface area contributed by atoms with E-state index in [1.807, 2.05) is 19.2 Å². The Morgan fingerprint density at radius 2 is 2.11 bits per heavy atom. The van der Waals surface area contributed by atoms with Crippen LogP contribution in [-0.4, -0.2) is 24.7 Å². The molecule has 0 bridgehead atoms. The van der Waals surface area contributed by atoms with Gasteiger partial charge in [0.05, 0.1) is 5.69 Å². The predicted molar refractivity (Wildman–Crippen MR) is 73.9 cm³/mol. The van der Waals surface area contributed by atoms with Crippen LogP contribution in [0.2, 0.25) is 0 Å². The monoisotopic (exact) mass is 261 g/mol. The highest BCUT2D eigenvalue weighted by molar-refractivity contribution is 7.80. The molecule has 2 aromatic rings. The highest BCUT2D eigenvalue weighted by Gasteiger charge is 2.09. The zero-order valence-electron chi connectivity index (χ0n) is 10.6. The molecule has 0 unspecified atom stereocenters. The van der Waals surface area contributed by atoms with E-state index in [1.165, 1.54) is 0 Å². The van der Waals surface area contributed by atoms with Gasteiger partial charge in [0.25, 0.3) is 5.95 Å². The Bertz CT molecular complexity index is 588. The van der Waals surface area contributed by atoms with Gasteiger partial charge in [-0.25, -0.2) is 14.6 Å². The second-order valence-electron chi connectivity index (χ2n) is 4.40. The predicted octanol–water partition coefficient (Wildman–Crippen LogP) is 1.73. The lowest BCUT2D eigenvalue weighted by Crippen LogP contribution is -2.15. The van der Waals surface area contributed by atoms with Gasteiger partial charge in [-0.05, 0) is 25.0 Å². The van der Waals surface area contributed by atoms with Gasteiger partial charge in [-0.1, -0.05) is 26.1 Å². The van der Waals surface area contributed by atoms with Gasteiger partial charge in [0.15, 0.2) is 0 Å². The second-order valence-corrected chi connectivity index (χ2v) is 4.84. The molecule has 94 valence electrons. The molecule has 0 radical (unpaired) electrons. The summed E-state index contributed by atoms with van der Waals surface area (Å²) < 4.78 is 1.64. The van der Waals surface area contributed by atoms with Crippen LogP contribution in [0.25, 0.3) is 5.95 Å². The van der Waals surface area contributed by atoms with Crippen molar-refractivity contribution in [3.05, 3.63) is 35.4 Å². The maximum atomic E-state index is 5.59. The Morgan fingerprint density at radius 3 is 2.67 bits per heavy atom. The van der Waals surface area contributed by atoms with Gasteiger partial charge in [0, 0.05) is 11.9 Å². The van der Waals surface area contributed by atoms with Crippen molar-refractivity contribution in [3.63, 3.8) is 0 Å². The molecule has 0 aliphatic heterocycles. The van der Waals surface area contributed by atoms with E-state index in [-0.39, 0.29) is 4.99 Å². The van der Waals surface area contributed by atoms with Crippen molar-refractivity contribution < 1.29 is 0 Å². The van der Waals surface area contributed by atoms with Crippen LogP contribution in [0.1, 0.15) is 36.8 Å². The van der Waals surface area contributed by atoms with E-state index in [0.717, 1.165) is 11.4 Å². The van der Waals surface area contributed by atoms with Crippen LogP contribution in [0, 0.1) is 6.92 Å². The fraction of sp³-hybridized carbons (Fsp3) is 0.333. The molecule has 0 saturated carbocycles. The van der Waals surface area contributed by atoms with Crippen LogP contribution in [0.15, 0.2) is 18.3 Å². The first-order chi connectivity index (χ1) is 8.47. The highest BCUT2D eigenvalue weighted by atomic mass is 32.1. The van der Waals surface area contributed by atoms with Gasteiger partial charge >= 0.3 is 0 Å². The third kappa shape index (κ3) is 2.53. The van der Waals surface area contributed by atoms with E-state index in [9.17, 15) is 0 Å². The van der Waals surface area contributed by atoms with Crippen molar-refractivity contribution in [2.45, 2.75) is 26.7 Å². The van der Waals surface area contributed by atoms with Crippen LogP contribution in [0.4, 0.5) is 0 Å². The normalized spacial score (nSPS) is 10.9. The zero-order chi connectivity index (χ0) is 13.3. The average Bonchev–Trinajstić information content (AvgIpc) is 2.77. The van der Waals surface area contributed by atoms with E-state index < -0.39 is 0 Å². The van der Waals surface area contributed by atoms with Crippen molar-refractivity contribution in [1.82, 2.24) is 19.7 Å². The second kappa shape index (κ2) is 4.81. The highest BCUT2D eigenvalue weighted by Crippen LogP contribution is 2.12. The van der Waals surface area contributed by atoms with Crippen LogP contribution in [-0.2, 0) is 0 Å². The topological polar surface area (TPSA) is 69.6 Å². The maximum Gasteiger partial charge on any atom is 0.251 e. The number of nitrogens with two attached hydrogens (primary N) is 1. The zero-order valence-corrected chi connectivity index (χ0v) is 11.4. The van der Waals surface area contributed by atoms with Crippen LogP contribution < -0.4 is 5.73 Å². The molecule has 0 aliphatic rings. The first kappa shape index (κ1) is 12.6. The summed E-state index contributed by atoms with van der Waals surface area (Å²) in [7, 11) is 0. The molecular formula is C12H15N5S. The molecule has 5 nitrogen and oxygen atoms in total. The fourth-order valence-corrected chi connectivity index (χ4v) is 1.64. The third-order valence-corrected chi connectivity index (χ3v) is 2.71. The number of rotatable bonds is 3. The summed E-state index contributed by atoms with van der Waals surface area (Å²) in [4.78, 5) is 8.89. The Hall–Kier alpha value is -1.82. The number of hydrogen-bond acceptors (Lipinski definition) is 4. The smallest absolute Gasteiger partial charge is 0.251 e. The van der Waals surface area contributed by atoms with Gasteiger partial charge < -0.3 is 5.73 Å². The van der Waals surface area contributed by atoms with Gasteiger partial charge in [-0.3, -0.25) is 0 Å². The van der Waals surface area contributed by atoms with Gasteiger partial charge in [0.2, 0.25) is 0 Å². The van der Waals surface area contributed by atoms with E-state index in [2.05, 4.69) is 28.9 Å². The first-order valence-electron chi connectivity index (χ1n) is 5.69. The minimum Gasteiger partial charge on any atom is -0.388 e. The molecule has 0 atom stereocenters. The van der Waals surface area contributed by atoms with Crippen LogP contribution in [0.3, 0.4) is 0 Å². The third-order valence-electron chi connectivity index (χ3n) is 2.50. The molecule has 0 aliphatic carbocycles. The van der Waals surface area contributed by atoms with E-state index in [0.29, 0.717) is 17.6 Å². The Labute approximate surface area is 111 Å². The quantitative estimate of drug-likeness (QED) is 0.852. The fourth-order valence-electron chi connectivity index (χ4n) is 1.54.